The maximum absolute atomic E-state index is 13.8. The molecular weight excluding hydrogens is 573 g/mol. The van der Waals surface area contributed by atoms with Gasteiger partial charge < -0.3 is 10.2 Å². The van der Waals surface area contributed by atoms with E-state index in [4.69, 9.17) is 0 Å². The summed E-state index contributed by atoms with van der Waals surface area (Å²) >= 11 is 3.43. The van der Waals surface area contributed by atoms with Gasteiger partial charge in [0.25, 0.3) is 10.0 Å². The first-order valence-electron chi connectivity index (χ1n) is 12.2. The minimum Gasteiger partial charge on any atom is -0.352 e. The molecule has 1 N–H and O–H groups in total. The number of carbonyl (C=O) groups is 2. The molecule has 2 amide bonds. The number of amides is 2. The summed E-state index contributed by atoms with van der Waals surface area (Å²) in [6, 6.07) is 19.0. The molecule has 0 fully saturated rings. The fraction of sp³-hybridized carbons (Fsp3) is 0.286. The van der Waals surface area contributed by atoms with Crippen molar-refractivity contribution in [1.82, 2.24) is 10.2 Å². The first-order chi connectivity index (χ1) is 18.0. The molecule has 0 spiro atoms. The average molecular weight is 605 g/mol. The summed E-state index contributed by atoms with van der Waals surface area (Å²) in [5.74, 6) is -1.48. The van der Waals surface area contributed by atoms with Gasteiger partial charge in [-0.1, -0.05) is 53.2 Å². The fourth-order valence-electron chi connectivity index (χ4n) is 3.74. The van der Waals surface area contributed by atoms with Gasteiger partial charge in [-0.3, -0.25) is 13.9 Å². The van der Waals surface area contributed by atoms with Crippen LogP contribution in [0, 0.1) is 5.82 Å². The van der Waals surface area contributed by atoms with Crippen LogP contribution in [0.5, 0.6) is 0 Å². The number of rotatable bonds is 11. The molecule has 0 unspecified atom stereocenters. The Morgan fingerprint density at radius 3 is 2.24 bits per heavy atom. The van der Waals surface area contributed by atoms with Crippen molar-refractivity contribution in [3.63, 3.8) is 0 Å². The molecule has 202 valence electrons. The van der Waals surface area contributed by atoms with E-state index < -0.39 is 34.3 Å². The molecule has 0 aromatic heterocycles. The molecule has 0 aliphatic carbocycles. The van der Waals surface area contributed by atoms with Gasteiger partial charge in [0, 0.05) is 17.1 Å². The lowest BCUT2D eigenvalue weighted by atomic mass is 10.1. The summed E-state index contributed by atoms with van der Waals surface area (Å²) in [5, 5.41) is 2.90. The van der Waals surface area contributed by atoms with Gasteiger partial charge in [0.05, 0.1) is 10.6 Å². The Hall–Kier alpha value is -3.24. The van der Waals surface area contributed by atoms with Crippen molar-refractivity contribution >= 4 is 43.5 Å². The number of nitrogens with zero attached hydrogens (tertiary/aromatic N) is 2. The minimum atomic E-state index is -4.24. The first-order valence-corrected chi connectivity index (χ1v) is 14.4. The van der Waals surface area contributed by atoms with E-state index in [-0.39, 0.29) is 29.1 Å². The predicted octanol–water partition coefficient (Wildman–Crippen LogP) is 5.12. The van der Waals surface area contributed by atoms with E-state index in [0.29, 0.717) is 0 Å². The minimum absolute atomic E-state index is 0.0899. The molecule has 2 atom stereocenters. The SMILES string of the molecule is CC[C@@H](C)NC(=O)[C@@H](C)N(Cc1cccc(Br)c1)C(=O)CN(c1ccccc1)S(=O)(=O)c1ccc(F)cc1. The van der Waals surface area contributed by atoms with Crippen LogP contribution < -0.4 is 9.62 Å². The van der Waals surface area contributed by atoms with Crippen molar-refractivity contribution in [3.05, 3.63) is 94.7 Å². The van der Waals surface area contributed by atoms with Gasteiger partial charge in [0.2, 0.25) is 11.8 Å². The van der Waals surface area contributed by atoms with E-state index in [2.05, 4.69) is 21.2 Å². The van der Waals surface area contributed by atoms with E-state index in [1.165, 1.54) is 4.90 Å². The van der Waals surface area contributed by atoms with Gasteiger partial charge in [0.1, 0.15) is 18.4 Å². The average Bonchev–Trinajstić information content (AvgIpc) is 2.90. The number of benzene rings is 3. The highest BCUT2D eigenvalue weighted by molar-refractivity contribution is 9.10. The Labute approximate surface area is 231 Å². The van der Waals surface area contributed by atoms with Gasteiger partial charge in [0.15, 0.2) is 0 Å². The van der Waals surface area contributed by atoms with Crippen LogP contribution in [0.3, 0.4) is 0 Å². The van der Waals surface area contributed by atoms with Crippen molar-refractivity contribution in [2.45, 2.75) is 50.7 Å². The van der Waals surface area contributed by atoms with Crippen LogP contribution in [0.25, 0.3) is 0 Å². The molecule has 38 heavy (non-hydrogen) atoms. The number of anilines is 1. The molecule has 10 heteroatoms. The normalized spacial score (nSPS) is 12.9. The van der Waals surface area contributed by atoms with Crippen LogP contribution in [0.15, 0.2) is 88.2 Å². The van der Waals surface area contributed by atoms with E-state index in [0.717, 1.165) is 45.0 Å². The van der Waals surface area contributed by atoms with E-state index in [9.17, 15) is 22.4 Å². The standard InChI is InChI=1S/C28H31BrFN3O4S/c1-4-20(2)31-28(35)21(3)32(18-22-9-8-10-23(29)17-22)27(34)19-33(25-11-6-5-7-12-25)38(36,37)26-15-13-24(30)14-16-26/h5-17,20-21H,4,18-19H2,1-3H3,(H,31,35)/t20-,21-/m1/s1. The monoisotopic (exact) mass is 603 g/mol. The summed E-state index contributed by atoms with van der Waals surface area (Å²) in [4.78, 5) is 28.1. The van der Waals surface area contributed by atoms with Gasteiger partial charge in [-0.15, -0.1) is 0 Å². The Morgan fingerprint density at radius 1 is 0.974 bits per heavy atom. The number of hydrogen-bond donors (Lipinski definition) is 1. The third-order valence-electron chi connectivity index (χ3n) is 6.13. The number of hydrogen-bond acceptors (Lipinski definition) is 4. The number of halogens is 2. The number of nitrogens with one attached hydrogen (secondary N) is 1. The lowest BCUT2D eigenvalue weighted by Gasteiger charge is -2.32. The highest BCUT2D eigenvalue weighted by Gasteiger charge is 2.32. The molecule has 0 aliphatic rings. The summed E-state index contributed by atoms with van der Waals surface area (Å²) in [6.07, 6.45) is 0.718. The molecule has 0 radical (unpaired) electrons. The molecule has 0 heterocycles. The zero-order valence-corrected chi connectivity index (χ0v) is 23.9. The lowest BCUT2D eigenvalue weighted by Crippen LogP contribution is -2.52. The molecular formula is C28H31BrFN3O4S. The molecule has 0 saturated heterocycles. The second kappa shape index (κ2) is 13.0. The topological polar surface area (TPSA) is 86.8 Å². The Kier molecular flexibility index (Phi) is 10.0. The largest absolute Gasteiger partial charge is 0.352 e. The van der Waals surface area contributed by atoms with E-state index >= 15 is 0 Å². The maximum atomic E-state index is 13.8. The van der Waals surface area contributed by atoms with E-state index in [1.807, 2.05) is 38.1 Å². The van der Waals surface area contributed by atoms with Crippen LogP contribution in [-0.4, -0.2) is 43.8 Å². The number of carbonyl (C=O) groups excluding carboxylic acids is 2. The zero-order valence-electron chi connectivity index (χ0n) is 21.5. The second-order valence-corrected chi connectivity index (χ2v) is 11.7. The molecule has 3 rings (SSSR count). The Balaban J connectivity index is 2.00. The van der Waals surface area contributed by atoms with Crippen molar-refractivity contribution < 1.29 is 22.4 Å². The van der Waals surface area contributed by atoms with Gasteiger partial charge in [-0.2, -0.15) is 0 Å². The lowest BCUT2D eigenvalue weighted by molar-refractivity contribution is -0.139. The molecule has 3 aromatic carbocycles. The van der Waals surface area contributed by atoms with E-state index in [1.54, 1.807) is 37.3 Å². The summed E-state index contributed by atoms with van der Waals surface area (Å²) in [6.45, 7) is 4.97. The summed E-state index contributed by atoms with van der Waals surface area (Å²) in [5.41, 5.74) is 1.04. The van der Waals surface area contributed by atoms with Crippen molar-refractivity contribution in [2.24, 2.45) is 0 Å². The number of para-hydroxylation sites is 1. The Morgan fingerprint density at radius 2 is 1.63 bits per heavy atom. The molecule has 7 nitrogen and oxygen atoms in total. The third kappa shape index (κ3) is 7.41. The highest BCUT2D eigenvalue weighted by Crippen LogP contribution is 2.25. The smallest absolute Gasteiger partial charge is 0.264 e. The van der Waals surface area contributed by atoms with Crippen LogP contribution >= 0.6 is 15.9 Å². The number of sulfonamides is 1. The molecule has 0 saturated carbocycles. The molecule has 0 aliphatic heterocycles. The van der Waals surface area contributed by atoms with Crippen LogP contribution in [0.4, 0.5) is 10.1 Å². The fourth-order valence-corrected chi connectivity index (χ4v) is 5.60. The van der Waals surface area contributed by atoms with Gasteiger partial charge in [-0.25, -0.2) is 12.8 Å². The molecule has 3 aromatic rings. The van der Waals surface area contributed by atoms with Crippen LogP contribution in [-0.2, 0) is 26.2 Å². The quantitative estimate of drug-likeness (QED) is 0.330. The summed E-state index contributed by atoms with van der Waals surface area (Å²) in [7, 11) is -4.24. The second-order valence-electron chi connectivity index (χ2n) is 8.95. The van der Waals surface area contributed by atoms with Crippen LogP contribution in [0.1, 0.15) is 32.8 Å². The van der Waals surface area contributed by atoms with Gasteiger partial charge >= 0.3 is 0 Å². The maximum Gasteiger partial charge on any atom is 0.264 e. The summed E-state index contributed by atoms with van der Waals surface area (Å²) < 4.78 is 42.6. The third-order valence-corrected chi connectivity index (χ3v) is 8.42. The van der Waals surface area contributed by atoms with Crippen molar-refractivity contribution in [3.8, 4) is 0 Å². The highest BCUT2D eigenvalue weighted by atomic mass is 79.9. The first kappa shape index (κ1) is 29.3. The van der Waals surface area contributed by atoms with Crippen molar-refractivity contribution in [2.75, 3.05) is 10.8 Å². The van der Waals surface area contributed by atoms with Gasteiger partial charge in [-0.05, 0) is 74.4 Å². The van der Waals surface area contributed by atoms with Crippen LogP contribution in [0.2, 0.25) is 0 Å². The zero-order chi connectivity index (χ0) is 27.9. The predicted molar refractivity (Wildman–Crippen MR) is 149 cm³/mol. The molecule has 0 bridgehead atoms. The van der Waals surface area contributed by atoms with Crippen molar-refractivity contribution in [1.29, 1.82) is 0 Å². The Bertz CT molecular complexity index is 1350.